The third-order valence-corrected chi connectivity index (χ3v) is 4.31. The first-order valence-electron chi connectivity index (χ1n) is 5.48. The van der Waals surface area contributed by atoms with E-state index in [4.69, 9.17) is 11.6 Å². The van der Waals surface area contributed by atoms with Gasteiger partial charge in [-0.2, -0.15) is 0 Å². The summed E-state index contributed by atoms with van der Waals surface area (Å²) in [5.74, 6) is 0.712. The Bertz CT molecular complexity index is 296. The molecule has 0 aliphatic heterocycles. The highest BCUT2D eigenvalue weighted by atomic mass is 79.9. The quantitative estimate of drug-likeness (QED) is 0.663. The third-order valence-electron chi connectivity index (χ3n) is 2.56. The van der Waals surface area contributed by atoms with Crippen LogP contribution in [0.3, 0.4) is 0 Å². The van der Waals surface area contributed by atoms with Crippen molar-refractivity contribution < 1.29 is 0 Å². The molecule has 0 spiro atoms. The van der Waals surface area contributed by atoms with Crippen LogP contribution in [0.1, 0.15) is 32.3 Å². The minimum atomic E-state index is 0.636. The number of halogens is 2. The summed E-state index contributed by atoms with van der Waals surface area (Å²) in [6.07, 6.45) is 3.56. The summed E-state index contributed by atoms with van der Waals surface area (Å²) in [5, 5.41) is 0.840. The van der Waals surface area contributed by atoms with Crippen LogP contribution in [0.2, 0.25) is 5.02 Å². The van der Waals surface area contributed by atoms with Gasteiger partial charge in [-0.3, -0.25) is 0 Å². The van der Waals surface area contributed by atoms with E-state index in [0.717, 1.165) is 11.4 Å². The fraction of sp³-hybridized carbons (Fsp3) is 0.538. The third kappa shape index (κ3) is 5.03. The van der Waals surface area contributed by atoms with E-state index in [2.05, 4.69) is 41.9 Å². The monoisotopic (exact) mass is 288 g/mol. The van der Waals surface area contributed by atoms with Crippen molar-refractivity contribution in [2.45, 2.75) is 37.9 Å². The van der Waals surface area contributed by atoms with E-state index in [0.29, 0.717) is 10.7 Å². The van der Waals surface area contributed by atoms with E-state index in [9.17, 15) is 0 Å². The first-order valence-corrected chi connectivity index (χ1v) is 6.77. The normalized spacial score (nSPS) is 13.1. The van der Waals surface area contributed by atoms with Crippen LogP contribution in [-0.4, -0.2) is 4.83 Å². The molecular formula is C13H18BrCl. The molecule has 1 atom stereocenters. The van der Waals surface area contributed by atoms with Crippen LogP contribution in [0.15, 0.2) is 24.3 Å². The molecule has 0 aliphatic rings. The molecular weight excluding hydrogens is 272 g/mol. The van der Waals surface area contributed by atoms with Crippen molar-refractivity contribution in [2.24, 2.45) is 5.92 Å². The highest BCUT2D eigenvalue weighted by Crippen LogP contribution is 2.19. The molecule has 0 fully saturated rings. The molecule has 0 N–H and O–H groups in total. The molecule has 15 heavy (non-hydrogen) atoms. The predicted octanol–water partition coefficient (Wildman–Crippen LogP) is 5.08. The minimum Gasteiger partial charge on any atom is -0.0888 e. The van der Waals surface area contributed by atoms with Crippen LogP contribution in [-0.2, 0) is 6.42 Å². The van der Waals surface area contributed by atoms with Gasteiger partial charge in [-0.25, -0.2) is 0 Å². The van der Waals surface area contributed by atoms with Gasteiger partial charge in [-0.1, -0.05) is 53.5 Å². The van der Waals surface area contributed by atoms with Crippen molar-refractivity contribution >= 4 is 27.5 Å². The average Bonchev–Trinajstić information content (AvgIpc) is 2.17. The summed E-state index contributed by atoms with van der Waals surface area (Å²) in [6, 6.07) is 8.14. The van der Waals surface area contributed by atoms with Gasteiger partial charge < -0.3 is 0 Å². The Morgan fingerprint density at radius 1 is 1.33 bits per heavy atom. The highest BCUT2D eigenvalue weighted by Gasteiger charge is 2.08. The Hall–Kier alpha value is -0.0100. The number of rotatable bonds is 5. The number of alkyl halides is 1. The zero-order chi connectivity index (χ0) is 11.3. The van der Waals surface area contributed by atoms with Crippen LogP contribution in [0.25, 0.3) is 0 Å². The number of hydrogen-bond donors (Lipinski definition) is 0. The highest BCUT2D eigenvalue weighted by molar-refractivity contribution is 9.09. The van der Waals surface area contributed by atoms with Gasteiger partial charge in [0.15, 0.2) is 0 Å². The lowest BCUT2D eigenvalue weighted by Crippen LogP contribution is -2.07. The van der Waals surface area contributed by atoms with Crippen LogP contribution in [0.5, 0.6) is 0 Å². The fourth-order valence-electron chi connectivity index (χ4n) is 1.53. The van der Waals surface area contributed by atoms with Crippen LogP contribution in [0, 0.1) is 5.92 Å². The van der Waals surface area contributed by atoms with Gasteiger partial charge in [-0.15, -0.1) is 0 Å². The fourth-order valence-corrected chi connectivity index (χ4v) is 2.06. The lowest BCUT2D eigenvalue weighted by atomic mass is 10.0. The maximum Gasteiger partial charge on any atom is 0.0408 e. The summed E-state index contributed by atoms with van der Waals surface area (Å²) >= 11 is 9.63. The Balaban J connectivity index is 2.32. The molecule has 2 heteroatoms. The molecule has 0 saturated carbocycles. The maximum atomic E-state index is 5.93. The summed E-state index contributed by atoms with van der Waals surface area (Å²) in [5.41, 5.74) is 1.34. The second kappa shape index (κ2) is 6.55. The SMILES string of the molecule is CC(C)C(Br)CCCc1cccc(Cl)c1. The van der Waals surface area contributed by atoms with Crippen LogP contribution in [0.4, 0.5) is 0 Å². The largest absolute Gasteiger partial charge is 0.0888 e. The van der Waals surface area contributed by atoms with Gasteiger partial charge in [0.1, 0.15) is 0 Å². The molecule has 0 bridgehead atoms. The van der Waals surface area contributed by atoms with Gasteiger partial charge in [0.2, 0.25) is 0 Å². The summed E-state index contributed by atoms with van der Waals surface area (Å²) < 4.78 is 0. The van der Waals surface area contributed by atoms with Crippen molar-refractivity contribution in [1.29, 1.82) is 0 Å². The molecule has 0 amide bonds. The minimum absolute atomic E-state index is 0.636. The second-order valence-electron chi connectivity index (χ2n) is 4.28. The molecule has 1 rings (SSSR count). The Labute approximate surface area is 106 Å². The molecule has 0 aromatic heterocycles. The number of aryl methyl sites for hydroxylation is 1. The lowest BCUT2D eigenvalue weighted by molar-refractivity contribution is 0.562. The molecule has 0 heterocycles. The van der Waals surface area contributed by atoms with Crippen molar-refractivity contribution in [3.05, 3.63) is 34.9 Å². The van der Waals surface area contributed by atoms with Gasteiger partial charge in [0.05, 0.1) is 0 Å². The topological polar surface area (TPSA) is 0 Å². The lowest BCUT2D eigenvalue weighted by Gasteiger charge is -2.13. The van der Waals surface area contributed by atoms with E-state index in [1.54, 1.807) is 0 Å². The molecule has 1 aromatic carbocycles. The summed E-state index contributed by atoms with van der Waals surface area (Å²) in [6.45, 7) is 4.50. The van der Waals surface area contributed by atoms with Crippen molar-refractivity contribution in [3.8, 4) is 0 Å². The zero-order valence-electron chi connectivity index (χ0n) is 9.34. The van der Waals surface area contributed by atoms with Crippen molar-refractivity contribution in [3.63, 3.8) is 0 Å². The van der Waals surface area contributed by atoms with E-state index in [1.807, 2.05) is 12.1 Å². The van der Waals surface area contributed by atoms with Crippen LogP contribution >= 0.6 is 27.5 Å². The predicted molar refractivity (Wildman–Crippen MR) is 71.9 cm³/mol. The summed E-state index contributed by atoms with van der Waals surface area (Å²) in [4.78, 5) is 0.636. The maximum absolute atomic E-state index is 5.93. The van der Waals surface area contributed by atoms with E-state index < -0.39 is 0 Å². The first kappa shape index (κ1) is 13.1. The first-order chi connectivity index (χ1) is 7.09. The molecule has 1 unspecified atom stereocenters. The standard InChI is InChI=1S/C13H18BrCl/c1-10(2)13(14)8-4-6-11-5-3-7-12(15)9-11/h3,5,7,9-10,13H,4,6,8H2,1-2H3. The molecule has 0 saturated heterocycles. The van der Waals surface area contributed by atoms with Gasteiger partial charge in [0.25, 0.3) is 0 Å². The van der Waals surface area contributed by atoms with Gasteiger partial charge >= 0.3 is 0 Å². The van der Waals surface area contributed by atoms with Gasteiger partial charge in [-0.05, 0) is 42.9 Å². The Kier molecular flexibility index (Phi) is 5.70. The Morgan fingerprint density at radius 3 is 2.67 bits per heavy atom. The molecule has 1 aromatic rings. The Morgan fingerprint density at radius 2 is 2.07 bits per heavy atom. The van der Waals surface area contributed by atoms with E-state index in [-0.39, 0.29) is 0 Å². The molecule has 0 nitrogen and oxygen atoms in total. The van der Waals surface area contributed by atoms with E-state index in [1.165, 1.54) is 18.4 Å². The molecule has 0 radical (unpaired) electrons. The summed E-state index contributed by atoms with van der Waals surface area (Å²) in [7, 11) is 0. The number of hydrogen-bond acceptors (Lipinski definition) is 0. The van der Waals surface area contributed by atoms with Gasteiger partial charge in [0, 0.05) is 9.85 Å². The average molecular weight is 290 g/mol. The van der Waals surface area contributed by atoms with Crippen LogP contribution < -0.4 is 0 Å². The molecule has 84 valence electrons. The number of benzene rings is 1. The molecule has 0 aliphatic carbocycles. The zero-order valence-corrected chi connectivity index (χ0v) is 11.7. The van der Waals surface area contributed by atoms with E-state index >= 15 is 0 Å². The smallest absolute Gasteiger partial charge is 0.0408 e. The van der Waals surface area contributed by atoms with Crippen molar-refractivity contribution in [1.82, 2.24) is 0 Å². The second-order valence-corrected chi connectivity index (χ2v) is 5.89. The van der Waals surface area contributed by atoms with Crippen molar-refractivity contribution in [2.75, 3.05) is 0 Å².